The molecule has 1 aromatic heterocycles. The van der Waals surface area contributed by atoms with E-state index >= 15 is 0 Å². The van der Waals surface area contributed by atoms with E-state index in [2.05, 4.69) is 0 Å². The SMILES string of the molecule is CCCOc1ccc(S(=O)(=O)N(Cc2ccsc2)C2CC2)cc1. The van der Waals surface area contributed by atoms with Crippen molar-refractivity contribution >= 4 is 21.4 Å². The Hall–Kier alpha value is -1.37. The standard InChI is InChI=1S/C17H21NO3S2/c1-2-10-21-16-5-7-17(8-6-16)23(19,20)18(15-3-4-15)12-14-9-11-22-13-14/h5-9,11,13,15H,2-4,10,12H2,1H3. The van der Waals surface area contributed by atoms with Gasteiger partial charge in [-0.15, -0.1) is 0 Å². The lowest BCUT2D eigenvalue weighted by Gasteiger charge is -2.21. The van der Waals surface area contributed by atoms with Crippen molar-refractivity contribution in [2.45, 2.75) is 43.7 Å². The second-order valence-corrected chi connectivity index (χ2v) is 8.40. The summed E-state index contributed by atoms with van der Waals surface area (Å²) < 4.78 is 33.1. The molecule has 0 saturated heterocycles. The monoisotopic (exact) mass is 351 g/mol. The second kappa shape index (κ2) is 7.03. The first-order valence-corrected chi connectivity index (χ1v) is 10.3. The van der Waals surface area contributed by atoms with Crippen LogP contribution in [0.1, 0.15) is 31.7 Å². The van der Waals surface area contributed by atoms with E-state index in [-0.39, 0.29) is 6.04 Å². The van der Waals surface area contributed by atoms with Gasteiger partial charge in [0.1, 0.15) is 5.75 Å². The highest BCUT2D eigenvalue weighted by atomic mass is 32.2. The molecular weight excluding hydrogens is 330 g/mol. The van der Waals surface area contributed by atoms with Crippen molar-refractivity contribution < 1.29 is 13.2 Å². The highest BCUT2D eigenvalue weighted by Gasteiger charge is 2.38. The summed E-state index contributed by atoms with van der Waals surface area (Å²) in [6.07, 6.45) is 2.82. The molecule has 2 aromatic rings. The molecule has 0 aliphatic heterocycles. The minimum Gasteiger partial charge on any atom is -0.494 e. The maximum atomic E-state index is 13.0. The zero-order valence-electron chi connectivity index (χ0n) is 13.1. The summed E-state index contributed by atoms with van der Waals surface area (Å²) in [6.45, 7) is 3.12. The summed E-state index contributed by atoms with van der Waals surface area (Å²) in [5.74, 6) is 0.710. The van der Waals surface area contributed by atoms with Gasteiger partial charge in [0.2, 0.25) is 10.0 Å². The summed E-state index contributed by atoms with van der Waals surface area (Å²) >= 11 is 1.59. The van der Waals surface area contributed by atoms with E-state index in [0.29, 0.717) is 23.8 Å². The molecule has 0 amide bonds. The maximum absolute atomic E-state index is 13.0. The van der Waals surface area contributed by atoms with Crippen LogP contribution in [0, 0.1) is 0 Å². The van der Waals surface area contributed by atoms with Gasteiger partial charge in [-0.25, -0.2) is 8.42 Å². The average Bonchev–Trinajstić information content (AvgIpc) is 3.26. The zero-order valence-corrected chi connectivity index (χ0v) is 14.8. The van der Waals surface area contributed by atoms with Gasteiger partial charge in [-0.05, 0) is 65.9 Å². The number of benzene rings is 1. The Bertz CT molecular complexity index is 720. The molecule has 0 spiro atoms. The average molecular weight is 351 g/mol. The van der Waals surface area contributed by atoms with Gasteiger partial charge in [-0.3, -0.25) is 0 Å². The van der Waals surface area contributed by atoms with E-state index in [9.17, 15) is 8.42 Å². The zero-order chi connectivity index (χ0) is 16.3. The molecule has 6 heteroatoms. The fraction of sp³-hybridized carbons (Fsp3) is 0.412. The minimum atomic E-state index is -3.47. The smallest absolute Gasteiger partial charge is 0.243 e. The van der Waals surface area contributed by atoms with E-state index in [1.54, 1.807) is 39.9 Å². The summed E-state index contributed by atoms with van der Waals surface area (Å²) in [5, 5.41) is 3.99. The molecule has 0 unspecified atom stereocenters. The van der Waals surface area contributed by atoms with Crippen molar-refractivity contribution in [2.75, 3.05) is 6.61 Å². The van der Waals surface area contributed by atoms with Gasteiger partial charge in [0.25, 0.3) is 0 Å². The summed E-state index contributed by atoms with van der Waals surface area (Å²) in [7, 11) is -3.47. The van der Waals surface area contributed by atoms with Crippen LogP contribution in [0.2, 0.25) is 0 Å². The molecule has 1 fully saturated rings. The van der Waals surface area contributed by atoms with Crippen molar-refractivity contribution in [3.63, 3.8) is 0 Å². The molecule has 0 N–H and O–H groups in total. The Balaban J connectivity index is 1.80. The summed E-state index contributed by atoms with van der Waals surface area (Å²) in [4.78, 5) is 0.337. The number of thiophene rings is 1. The van der Waals surface area contributed by atoms with Gasteiger partial charge in [-0.1, -0.05) is 6.92 Å². The largest absolute Gasteiger partial charge is 0.494 e. The molecule has 23 heavy (non-hydrogen) atoms. The molecule has 1 aliphatic carbocycles. The van der Waals surface area contributed by atoms with Crippen LogP contribution < -0.4 is 4.74 Å². The summed E-state index contributed by atoms with van der Waals surface area (Å²) in [5.41, 5.74) is 1.05. The molecule has 1 heterocycles. The first-order chi connectivity index (χ1) is 11.1. The molecule has 124 valence electrons. The number of nitrogens with zero attached hydrogens (tertiary/aromatic N) is 1. The molecular formula is C17H21NO3S2. The van der Waals surface area contributed by atoms with Crippen molar-refractivity contribution in [3.05, 3.63) is 46.7 Å². The molecule has 1 aromatic carbocycles. The fourth-order valence-corrected chi connectivity index (χ4v) is 4.73. The minimum absolute atomic E-state index is 0.135. The number of ether oxygens (including phenoxy) is 1. The topological polar surface area (TPSA) is 46.6 Å². The van der Waals surface area contributed by atoms with Crippen molar-refractivity contribution in [1.82, 2.24) is 4.31 Å². The highest BCUT2D eigenvalue weighted by molar-refractivity contribution is 7.89. The third-order valence-corrected chi connectivity index (χ3v) is 6.42. The Morgan fingerprint density at radius 3 is 2.52 bits per heavy atom. The number of rotatable bonds is 8. The quantitative estimate of drug-likeness (QED) is 0.725. The van der Waals surface area contributed by atoms with E-state index < -0.39 is 10.0 Å². The molecule has 4 nitrogen and oxygen atoms in total. The highest BCUT2D eigenvalue weighted by Crippen LogP contribution is 2.34. The molecule has 0 atom stereocenters. The van der Waals surface area contributed by atoms with E-state index in [1.165, 1.54) is 0 Å². The van der Waals surface area contributed by atoms with Crippen LogP contribution in [0.15, 0.2) is 46.0 Å². The Morgan fingerprint density at radius 1 is 1.22 bits per heavy atom. The van der Waals surface area contributed by atoms with E-state index in [0.717, 1.165) is 24.8 Å². The van der Waals surface area contributed by atoms with Gasteiger partial charge in [0.05, 0.1) is 11.5 Å². The van der Waals surface area contributed by atoms with E-state index in [1.807, 2.05) is 23.8 Å². The van der Waals surface area contributed by atoms with Crippen LogP contribution in [0.3, 0.4) is 0 Å². The first kappa shape index (κ1) is 16.5. The van der Waals surface area contributed by atoms with E-state index in [4.69, 9.17) is 4.74 Å². The van der Waals surface area contributed by atoms with Gasteiger partial charge < -0.3 is 4.74 Å². The number of hydrogen-bond acceptors (Lipinski definition) is 4. The molecule has 0 radical (unpaired) electrons. The maximum Gasteiger partial charge on any atom is 0.243 e. The van der Waals surface area contributed by atoms with Crippen LogP contribution in [0.5, 0.6) is 5.75 Å². The first-order valence-electron chi connectivity index (χ1n) is 7.87. The van der Waals surface area contributed by atoms with Crippen molar-refractivity contribution in [2.24, 2.45) is 0 Å². The third kappa shape index (κ3) is 3.94. The second-order valence-electron chi connectivity index (χ2n) is 5.73. The lowest BCUT2D eigenvalue weighted by Crippen LogP contribution is -2.32. The van der Waals surface area contributed by atoms with Crippen LogP contribution in [0.4, 0.5) is 0 Å². The predicted octanol–water partition coefficient (Wildman–Crippen LogP) is 3.89. The Morgan fingerprint density at radius 2 is 1.96 bits per heavy atom. The van der Waals surface area contributed by atoms with Gasteiger partial charge in [0.15, 0.2) is 0 Å². The van der Waals surface area contributed by atoms with Crippen LogP contribution in [0.25, 0.3) is 0 Å². The normalized spacial score (nSPS) is 15.0. The van der Waals surface area contributed by atoms with Crippen molar-refractivity contribution in [3.8, 4) is 5.75 Å². The molecule has 1 saturated carbocycles. The van der Waals surface area contributed by atoms with Crippen LogP contribution in [-0.4, -0.2) is 25.4 Å². The summed E-state index contributed by atoms with van der Waals surface area (Å²) in [6, 6.07) is 8.87. The number of sulfonamides is 1. The lowest BCUT2D eigenvalue weighted by atomic mass is 10.3. The van der Waals surface area contributed by atoms with Crippen LogP contribution >= 0.6 is 11.3 Å². The lowest BCUT2D eigenvalue weighted by molar-refractivity contribution is 0.317. The third-order valence-electron chi connectivity index (χ3n) is 3.78. The Kier molecular flexibility index (Phi) is 5.04. The number of hydrogen-bond donors (Lipinski definition) is 0. The molecule has 3 rings (SSSR count). The molecule has 0 bridgehead atoms. The predicted molar refractivity (Wildman–Crippen MR) is 92.3 cm³/mol. The van der Waals surface area contributed by atoms with Gasteiger partial charge in [-0.2, -0.15) is 15.6 Å². The van der Waals surface area contributed by atoms with Gasteiger partial charge >= 0.3 is 0 Å². The fourth-order valence-electron chi connectivity index (χ4n) is 2.40. The van der Waals surface area contributed by atoms with Crippen LogP contribution in [-0.2, 0) is 16.6 Å². The molecule has 1 aliphatic rings. The van der Waals surface area contributed by atoms with Crippen molar-refractivity contribution in [1.29, 1.82) is 0 Å². The van der Waals surface area contributed by atoms with Gasteiger partial charge in [0, 0.05) is 12.6 Å². The Labute approximate surface area is 141 Å².